The molecule has 7 nitrogen and oxygen atoms in total. The first-order valence-electron chi connectivity index (χ1n) is 6.13. The van der Waals surface area contributed by atoms with Crippen molar-refractivity contribution >= 4 is 17.6 Å². The van der Waals surface area contributed by atoms with E-state index in [9.17, 15) is 24.1 Å². The lowest BCUT2D eigenvalue weighted by Crippen LogP contribution is -2.24. The average molecular weight is 307 g/mol. The highest BCUT2D eigenvalue weighted by Gasteiger charge is 2.24. The van der Waals surface area contributed by atoms with Crippen LogP contribution in [0.15, 0.2) is 40.8 Å². The number of rotatable bonds is 5. The summed E-state index contributed by atoms with van der Waals surface area (Å²) in [6.45, 7) is 1.33. The first kappa shape index (κ1) is 15.4. The van der Waals surface area contributed by atoms with E-state index in [0.717, 1.165) is 24.3 Å². The Hall–Kier alpha value is -3.03. The predicted octanol–water partition coefficient (Wildman–Crippen LogP) is 2.76. The van der Waals surface area contributed by atoms with Crippen molar-refractivity contribution < 1.29 is 28.1 Å². The molecule has 2 rings (SSSR count). The minimum absolute atomic E-state index is 0.173. The van der Waals surface area contributed by atoms with Crippen molar-refractivity contribution in [3.63, 3.8) is 0 Å². The van der Waals surface area contributed by atoms with E-state index >= 15 is 0 Å². The Morgan fingerprint density at radius 2 is 1.86 bits per heavy atom. The molecule has 0 aliphatic rings. The van der Waals surface area contributed by atoms with Gasteiger partial charge in [-0.25, -0.2) is 9.18 Å². The molecule has 22 heavy (non-hydrogen) atoms. The van der Waals surface area contributed by atoms with Crippen LogP contribution in [0.25, 0.3) is 0 Å². The van der Waals surface area contributed by atoms with Crippen molar-refractivity contribution in [1.82, 2.24) is 0 Å². The quantitative estimate of drug-likeness (QED) is 0.364. The maximum absolute atomic E-state index is 12.8. The number of carbonyl (C=O) groups excluding carboxylic acids is 2. The fraction of sp³-hybridized carbons (Fsp3) is 0.143. The van der Waals surface area contributed by atoms with Crippen LogP contribution in [0.3, 0.4) is 0 Å². The third-order valence-corrected chi connectivity index (χ3v) is 2.75. The SMILES string of the molecule is C[C@@H](OC(=O)c1ccc([N+](=O)[O-])o1)C(=O)c1ccc(F)cc1. The van der Waals surface area contributed by atoms with Crippen LogP contribution < -0.4 is 0 Å². The van der Waals surface area contributed by atoms with E-state index in [-0.39, 0.29) is 11.3 Å². The Morgan fingerprint density at radius 3 is 2.41 bits per heavy atom. The van der Waals surface area contributed by atoms with Crippen molar-refractivity contribution in [2.45, 2.75) is 13.0 Å². The highest BCUT2D eigenvalue weighted by Crippen LogP contribution is 2.17. The van der Waals surface area contributed by atoms with Gasteiger partial charge < -0.3 is 9.15 Å². The van der Waals surface area contributed by atoms with Crippen LogP contribution in [-0.2, 0) is 4.74 Å². The molecular formula is C14H10FNO6. The zero-order chi connectivity index (χ0) is 16.3. The number of Topliss-reactive ketones (excluding diaryl/α,β-unsaturated/α-hetero) is 1. The van der Waals surface area contributed by atoms with Crippen LogP contribution in [0.4, 0.5) is 10.3 Å². The number of esters is 1. The summed E-state index contributed by atoms with van der Waals surface area (Å²) in [4.78, 5) is 33.4. The number of hydrogen-bond donors (Lipinski definition) is 0. The Balaban J connectivity index is 2.05. The minimum atomic E-state index is -1.15. The lowest BCUT2D eigenvalue weighted by Gasteiger charge is -2.11. The Morgan fingerprint density at radius 1 is 1.23 bits per heavy atom. The number of ether oxygens (including phenoxy) is 1. The van der Waals surface area contributed by atoms with Crippen LogP contribution in [0.5, 0.6) is 0 Å². The summed E-state index contributed by atoms with van der Waals surface area (Å²) < 4.78 is 22.3. The normalized spacial score (nSPS) is 11.7. The standard InChI is InChI=1S/C14H10FNO6/c1-8(13(17)9-2-4-10(15)5-3-9)21-14(18)11-6-7-12(22-11)16(19)20/h2-8H,1H3/t8-/m1/s1. The molecule has 1 atom stereocenters. The van der Waals surface area contributed by atoms with E-state index < -0.39 is 34.5 Å². The van der Waals surface area contributed by atoms with Crippen molar-refractivity contribution in [3.8, 4) is 0 Å². The van der Waals surface area contributed by atoms with Gasteiger partial charge in [-0.05, 0) is 37.3 Å². The van der Waals surface area contributed by atoms with Crippen LogP contribution in [0.2, 0.25) is 0 Å². The second-order valence-corrected chi connectivity index (χ2v) is 4.31. The predicted molar refractivity (Wildman–Crippen MR) is 71.0 cm³/mol. The summed E-state index contributed by atoms with van der Waals surface area (Å²) in [6.07, 6.45) is -1.15. The van der Waals surface area contributed by atoms with Gasteiger partial charge in [-0.3, -0.25) is 14.9 Å². The van der Waals surface area contributed by atoms with Gasteiger partial charge in [0.15, 0.2) is 6.10 Å². The number of furan rings is 1. The molecule has 2 aromatic rings. The van der Waals surface area contributed by atoms with Gasteiger partial charge in [-0.2, -0.15) is 0 Å². The van der Waals surface area contributed by atoms with Crippen molar-refractivity contribution in [2.24, 2.45) is 0 Å². The molecule has 0 radical (unpaired) electrons. The zero-order valence-electron chi connectivity index (χ0n) is 11.3. The second kappa shape index (κ2) is 6.17. The van der Waals surface area contributed by atoms with Crippen molar-refractivity contribution in [2.75, 3.05) is 0 Å². The smallest absolute Gasteiger partial charge is 0.433 e. The summed E-state index contributed by atoms with van der Waals surface area (Å²) >= 11 is 0. The molecule has 0 saturated carbocycles. The number of nitro groups is 1. The Kier molecular flexibility index (Phi) is 4.31. The van der Waals surface area contributed by atoms with Gasteiger partial charge in [-0.15, -0.1) is 0 Å². The highest BCUT2D eigenvalue weighted by atomic mass is 19.1. The number of halogens is 1. The molecule has 114 valence electrons. The summed E-state index contributed by atoms with van der Waals surface area (Å²) in [5.74, 6) is -3.02. The molecule has 1 heterocycles. The largest absolute Gasteiger partial charge is 0.448 e. The molecule has 0 saturated heterocycles. The number of carbonyl (C=O) groups is 2. The van der Waals surface area contributed by atoms with Crippen molar-refractivity contribution in [1.29, 1.82) is 0 Å². The van der Waals surface area contributed by atoms with Gasteiger partial charge in [0.25, 0.3) is 0 Å². The molecule has 0 aliphatic carbocycles. The van der Waals surface area contributed by atoms with Gasteiger partial charge in [0.2, 0.25) is 11.5 Å². The van der Waals surface area contributed by atoms with E-state index in [2.05, 4.69) is 4.42 Å². The van der Waals surface area contributed by atoms with Crippen LogP contribution >= 0.6 is 0 Å². The molecule has 0 bridgehead atoms. The number of hydrogen-bond acceptors (Lipinski definition) is 6. The third-order valence-electron chi connectivity index (χ3n) is 2.75. The summed E-state index contributed by atoms with van der Waals surface area (Å²) in [7, 11) is 0. The maximum Gasteiger partial charge on any atom is 0.433 e. The summed E-state index contributed by atoms with van der Waals surface area (Å²) in [5, 5.41) is 10.5. The van der Waals surface area contributed by atoms with Crippen molar-refractivity contribution in [3.05, 3.63) is 63.7 Å². The Bertz CT molecular complexity index is 721. The first-order chi connectivity index (χ1) is 10.4. The van der Waals surface area contributed by atoms with Gasteiger partial charge in [0.1, 0.15) is 10.7 Å². The Labute approximate surface area is 123 Å². The molecule has 0 unspecified atom stereocenters. The van der Waals surface area contributed by atoms with Gasteiger partial charge in [-0.1, -0.05) is 0 Å². The highest BCUT2D eigenvalue weighted by molar-refractivity contribution is 6.01. The maximum atomic E-state index is 12.8. The van der Waals surface area contributed by atoms with E-state index in [1.54, 1.807) is 0 Å². The van der Waals surface area contributed by atoms with Gasteiger partial charge in [0.05, 0.1) is 6.07 Å². The molecule has 1 aromatic carbocycles. The summed E-state index contributed by atoms with van der Waals surface area (Å²) in [5.41, 5.74) is 0.173. The molecule has 0 amide bonds. The number of nitrogens with zero attached hydrogens (tertiary/aromatic N) is 1. The zero-order valence-corrected chi connectivity index (χ0v) is 11.3. The lowest BCUT2D eigenvalue weighted by atomic mass is 10.1. The lowest BCUT2D eigenvalue weighted by molar-refractivity contribution is -0.402. The molecule has 0 spiro atoms. The molecule has 0 fully saturated rings. The minimum Gasteiger partial charge on any atom is -0.448 e. The van der Waals surface area contributed by atoms with Crippen LogP contribution in [0, 0.1) is 15.9 Å². The molecule has 1 aromatic heterocycles. The molecule has 0 N–H and O–H groups in total. The topological polar surface area (TPSA) is 99.7 Å². The molecular weight excluding hydrogens is 297 g/mol. The van der Waals surface area contributed by atoms with Gasteiger partial charge >= 0.3 is 11.9 Å². The number of benzene rings is 1. The van der Waals surface area contributed by atoms with E-state index in [1.165, 1.54) is 19.1 Å². The third kappa shape index (κ3) is 3.35. The fourth-order valence-electron chi connectivity index (χ4n) is 1.66. The second-order valence-electron chi connectivity index (χ2n) is 4.31. The fourth-order valence-corrected chi connectivity index (χ4v) is 1.66. The monoisotopic (exact) mass is 307 g/mol. The number of ketones is 1. The van der Waals surface area contributed by atoms with Crippen LogP contribution in [-0.4, -0.2) is 22.8 Å². The van der Waals surface area contributed by atoms with Gasteiger partial charge in [0, 0.05) is 5.56 Å². The van der Waals surface area contributed by atoms with E-state index in [0.29, 0.717) is 0 Å². The summed E-state index contributed by atoms with van der Waals surface area (Å²) in [6, 6.07) is 6.83. The first-order valence-corrected chi connectivity index (χ1v) is 6.13. The van der Waals surface area contributed by atoms with E-state index in [1.807, 2.05) is 0 Å². The molecule has 0 aliphatic heterocycles. The average Bonchev–Trinajstić information content (AvgIpc) is 2.97. The molecule has 8 heteroatoms. The van der Waals surface area contributed by atoms with E-state index in [4.69, 9.17) is 4.74 Å². The van der Waals surface area contributed by atoms with Crippen LogP contribution in [0.1, 0.15) is 27.8 Å².